The maximum absolute atomic E-state index is 12.0. The molecule has 0 unspecified atom stereocenters. The maximum Gasteiger partial charge on any atom is 0.293 e. The van der Waals surface area contributed by atoms with Crippen LogP contribution in [0.15, 0.2) is 17.2 Å². The fraction of sp³-hybridized carbons (Fsp3) is 0.692. The molecular formula is C13H21N3O2. The van der Waals surface area contributed by atoms with Gasteiger partial charge in [0, 0.05) is 30.9 Å². The third kappa shape index (κ3) is 2.56. The second-order valence-corrected chi connectivity index (χ2v) is 5.09. The molecule has 5 nitrogen and oxygen atoms in total. The quantitative estimate of drug-likeness (QED) is 0.826. The van der Waals surface area contributed by atoms with Gasteiger partial charge in [-0.05, 0) is 19.8 Å². The zero-order chi connectivity index (χ0) is 13.0. The number of rotatable bonds is 5. The van der Waals surface area contributed by atoms with Crippen molar-refractivity contribution in [3.63, 3.8) is 0 Å². The number of aromatic nitrogens is 2. The van der Waals surface area contributed by atoms with Crippen LogP contribution in [0.5, 0.6) is 0 Å². The van der Waals surface area contributed by atoms with Gasteiger partial charge >= 0.3 is 0 Å². The van der Waals surface area contributed by atoms with Crippen molar-refractivity contribution >= 4 is 5.82 Å². The summed E-state index contributed by atoms with van der Waals surface area (Å²) >= 11 is 0. The van der Waals surface area contributed by atoms with Gasteiger partial charge in [0.1, 0.15) is 0 Å². The van der Waals surface area contributed by atoms with Crippen molar-refractivity contribution in [3.8, 4) is 0 Å². The number of hydrogen-bond acceptors (Lipinski definition) is 4. The minimum atomic E-state index is -0.0916. The summed E-state index contributed by atoms with van der Waals surface area (Å²) < 4.78 is 1.62. The van der Waals surface area contributed by atoms with E-state index in [-0.39, 0.29) is 17.6 Å². The summed E-state index contributed by atoms with van der Waals surface area (Å²) in [6.07, 6.45) is 7.67. The molecule has 0 atom stereocenters. The topological polar surface area (TPSA) is 67.2 Å². The summed E-state index contributed by atoms with van der Waals surface area (Å²) in [5.74, 6) is 0.388. The van der Waals surface area contributed by atoms with E-state index in [2.05, 4.69) is 10.3 Å². The number of nitrogens with one attached hydrogen (secondary N) is 1. The molecule has 1 saturated carbocycles. The minimum Gasteiger partial charge on any atom is -0.396 e. The van der Waals surface area contributed by atoms with E-state index in [1.807, 2.05) is 6.92 Å². The Morgan fingerprint density at radius 1 is 1.50 bits per heavy atom. The van der Waals surface area contributed by atoms with Crippen molar-refractivity contribution in [2.45, 2.75) is 39.2 Å². The molecule has 0 aliphatic heterocycles. The van der Waals surface area contributed by atoms with Crippen LogP contribution in [0.2, 0.25) is 0 Å². The number of aliphatic hydroxyl groups is 1. The molecular weight excluding hydrogens is 230 g/mol. The lowest BCUT2D eigenvalue weighted by atomic mass is 9.87. The highest BCUT2D eigenvalue weighted by molar-refractivity contribution is 5.31. The molecule has 0 radical (unpaired) electrons. The first kappa shape index (κ1) is 13.1. The van der Waals surface area contributed by atoms with Crippen molar-refractivity contribution in [3.05, 3.63) is 22.7 Å². The average Bonchev–Trinajstić information content (AvgIpc) is 2.87. The summed E-state index contributed by atoms with van der Waals surface area (Å²) in [5, 5.41) is 12.6. The molecule has 0 saturated heterocycles. The monoisotopic (exact) mass is 251 g/mol. The third-order valence-corrected chi connectivity index (χ3v) is 3.88. The Morgan fingerprint density at radius 2 is 2.22 bits per heavy atom. The van der Waals surface area contributed by atoms with Gasteiger partial charge < -0.3 is 15.0 Å². The van der Waals surface area contributed by atoms with Crippen molar-refractivity contribution in [1.82, 2.24) is 9.55 Å². The molecule has 0 amide bonds. The van der Waals surface area contributed by atoms with E-state index in [9.17, 15) is 9.90 Å². The van der Waals surface area contributed by atoms with Gasteiger partial charge in [-0.25, -0.2) is 4.98 Å². The Bertz CT molecular complexity index is 450. The Hall–Kier alpha value is -1.36. The Labute approximate surface area is 107 Å². The molecule has 2 rings (SSSR count). The van der Waals surface area contributed by atoms with Crippen LogP contribution in [0.4, 0.5) is 5.82 Å². The molecule has 1 aromatic rings. The standard InChI is InChI=1S/C13H21N3O2/c1-2-16-8-7-14-11(12(16)18)15-9-13(10-17)5-3-4-6-13/h7-8,17H,2-6,9-10H2,1H3,(H,14,15). The van der Waals surface area contributed by atoms with Crippen LogP contribution in [0.3, 0.4) is 0 Å². The summed E-state index contributed by atoms with van der Waals surface area (Å²) in [7, 11) is 0. The summed E-state index contributed by atoms with van der Waals surface area (Å²) in [6, 6.07) is 0. The Kier molecular flexibility index (Phi) is 4.01. The van der Waals surface area contributed by atoms with E-state index < -0.39 is 0 Å². The highest BCUT2D eigenvalue weighted by atomic mass is 16.3. The van der Waals surface area contributed by atoms with Crippen molar-refractivity contribution in [2.24, 2.45) is 5.41 Å². The Balaban J connectivity index is 2.08. The van der Waals surface area contributed by atoms with E-state index >= 15 is 0 Å². The van der Waals surface area contributed by atoms with Crippen LogP contribution >= 0.6 is 0 Å². The first-order valence-corrected chi connectivity index (χ1v) is 6.61. The second kappa shape index (κ2) is 5.52. The van der Waals surface area contributed by atoms with E-state index in [1.165, 1.54) is 0 Å². The molecule has 1 fully saturated rings. The molecule has 1 aliphatic carbocycles. The molecule has 100 valence electrons. The molecule has 18 heavy (non-hydrogen) atoms. The lowest BCUT2D eigenvalue weighted by molar-refractivity contribution is 0.142. The van der Waals surface area contributed by atoms with Gasteiger partial charge in [0.15, 0.2) is 5.82 Å². The molecule has 0 spiro atoms. The lowest BCUT2D eigenvalue weighted by Crippen LogP contribution is -2.33. The summed E-state index contributed by atoms with van der Waals surface area (Å²) in [5.41, 5.74) is -0.160. The zero-order valence-corrected chi connectivity index (χ0v) is 10.9. The first-order valence-electron chi connectivity index (χ1n) is 6.61. The van der Waals surface area contributed by atoms with Crippen LogP contribution in [0, 0.1) is 5.41 Å². The first-order chi connectivity index (χ1) is 8.71. The van der Waals surface area contributed by atoms with Crippen LogP contribution in [0.1, 0.15) is 32.6 Å². The fourth-order valence-electron chi connectivity index (χ4n) is 2.60. The third-order valence-electron chi connectivity index (χ3n) is 3.88. The van der Waals surface area contributed by atoms with Crippen LogP contribution in [0.25, 0.3) is 0 Å². The van der Waals surface area contributed by atoms with E-state index in [0.29, 0.717) is 18.9 Å². The minimum absolute atomic E-state index is 0.0684. The number of hydrogen-bond donors (Lipinski definition) is 2. The highest BCUT2D eigenvalue weighted by Crippen LogP contribution is 2.37. The molecule has 0 bridgehead atoms. The smallest absolute Gasteiger partial charge is 0.293 e. The predicted octanol–water partition coefficient (Wildman–Crippen LogP) is 1.23. The van der Waals surface area contributed by atoms with Gasteiger partial charge in [0.05, 0.1) is 6.61 Å². The number of nitrogens with zero attached hydrogens (tertiary/aromatic N) is 2. The normalized spacial score (nSPS) is 17.9. The number of anilines is 1. The van der Waals surface area contributed by atoms with Crippen LogP contribution in [-0.4, -0.2) is 27.8 Å². The molecule has 5 heteroatoms. The Morgan fingerprint density at radius 3 is 2.83 bits per heavy atom. The lowest BCUT2D eigenvalue weighted by Gasteiger charge is -2.26. The van der Waals surface area contributed by atoms with Gasteiger partial charge in [-0.15, -0.1) is 0 Å². The molecule has 0 aromatic carbocycles. The van der Waals surface area contributed by atoms with Crippen LogP contribution < -0.4 is 10.9 Å². The van der Waals surface area contributed by atoms with Crippen molar-refractivity contribution < 1.29 is 5.11 Å². The van der Waals surface area contributed by atoms with E-state index in [0.717, 1.165) is 25.7 Å². The summed E-state index contributed by atoms with van der Waals surface area (Å²) in [6.45, 7) is 3.37. The van der Waals surface area contributed by atoms with Crippen molar-refractivity contribution in [2.75, 3.05) is 18.5 Å². The van der Waals surface area contributed by atoms with Gasteiger partial charge in [0.2, 0.25) is 0 Å². The maximum atomic E-state index is 12.0. The van der Waals surface area contributed by atoms with Gasteiger partial charge in [0.25, 0.3) is 5.56 Å². The summed E-state index contributed by atoms with van der Waals surface area (Å²) in [4.78, 5) is 16.1. The van der Waals surface area contributed by atoms with Gasteiger partial charge in [-0.1, -0.05) is 12.8 Å². The van der Waals surface area contributed by atoms with Gasteiger partial charge in [-0.2, -0.15) is 0 Å². The number of aryl methyl sites for hydroxylation is 1. The molecule has 1 heterocycles. The number of aliphatic hydroxyl groups excluding tert-OH is 1. The largest absolute Gasteiger partial charge is 0.396 e. The SMILES string of the molecule is CCn1ccnc(NCC2(CO)CCCC2)c1=O. The predicted molar refractivity (Wildman–Crippen MR) is 70.6 cm³/mol. The fourth-order valence-corrected chi connectivity index (χ4v) is 2.60. The van der Waals surface area contributed by atoms with E-state index in [4.69, 9.17) is 0 Å². The van der Waals surface area contributed by atoms with Crippen LogP contribution in [-0.2, 0) is 6.54 Å². The second-order valence-electron chi connectivity index (χ2n) is 5.09. The average molecular weight is 251 g/mol. The molecule has 1 aromatic heterocycles. The highest BCUT2D eigenvalue weighted by Gasteiger charge is 2.33. The molecule has 1 aliphatic rings. The van der Waals surface area contributed by atoms with E-state index in [1.54, 1.807) is 17.0 Å². The molecule has 2 N–H and O–H groups in total. The van der Waals surface area contributed by atoms with Crippen molar-refractivity contribution in [1.29, 1.82) is 0 Å². The zero-order valence-electron chi connectivity index (χ0n) is 10.9. The van der Waals surface area contributed by atoms with Gasteiger partial charge in [-0.3, -0.25) is 4.79 Å².